The predicted molar refractivity (Wildman–Crippen MR) is 44.8 cm³/mol. The first kappa shape index (κ1) is 21.7. The van der Waals surface area contributed by atoms with Crippen LogP contribution in [0.4, 0.5) is 0 Å². The van der Waals surface area contributed by atoms with Gasteiger partial charge in [0.25, 0.3) is 0 Å². The Bertz CT molecular complexity index is 306. The van der Waals surface area contributed by atoms with Gasteiger partial charge in [0, 0.05) is 6.42 Å². The van der Waals surface area contributed by atoms with E-state index >= 15 is 0 Å². The van der Waals surface area contributed by atoms with Crippen LogP contribution in [0, 0.1) is 0 Å². The summed E-state index contributed by atoms with van der Waals surface area (Å²) in [6, 6.07) is -1.06. The number of carboxylic acid groups (broad SMARTS) is 2. The predicted octanol–water partition coefficient (Wildman–Crippen LogP) is -4.73. The molecule has 0 aliphatic carbocycles. The normalized spacial score (nSPS) is 11.4. The Morgan fingerprint density at radius 2 is 1.62 bits per heavy atom. The van der Waals surface area contributed by atoms with E-state index in [9.17, 15) is 9.59 Å². The van der Waals surface area contributed by atoms with Crippen molar-refractivity contribution < 1.29 is 88.7 Å². The molecule has 0 saturated heterocycles. The van der Waals surface area contributed by atoms with E-state index in [4.69, 9.17) is 33.5 Å². The molecule has 0 rings (SSSR count). The summed E-state index contributed by atoms with van der Waals surface area (Å²) in [4.78, 5) is 19.9. The monoisotopic (exact) mass is 283 g/mol. The third kappa shape index (κ3) is 29.3. The van der Waals surface area contributed by atoms with Crippen LogP contribution in [0.3, 0.4) is 0 Å². The fourth-order valence-electron chi connectivity index (χ4n) is 0.402. The van der Waals surface area contributed by atoms with Crippen molar-refractivity contribution >= 4 is 22.3 Å². The third-order valence-corrected chi connectivity index (χ3v) is 0.986. The summed E-state index contributed by atoms with van der Waals surface area (Å²) in [5, 5.41) is 16.3. The van der Waals surface area contributed by atoms with Gasteiger partial charge in [0.15, 0.2) is 0 Å². The van der Waals surface area contributed by atoms with Crippen LogP contribution in [0.2, 0.25) is 0 Å². The summed E-state index contributed by atoms with van der Waals surface area (Å²) in [5.74, 6) is -2.20. The largest absolute Gasteiger partial charge is 1.00 e. The quantitative estimate of drug-likeness (QED) is 0.224. The van der Waals surface area contributed by atoms with Crippen molar-refractivity contribution in [2.75, 3.05) is 0 Å². The van der Waals surface area contributed by atoms with Crippen molar-refractivity contribution in [1.82, 2.24) is 0 Å². The van der Waals surface area contributed by atoms with E-state index in [1.54, 1.807) is 0 Å². The maximum atomic E-state index is 9.99. The van der Waals surface area contributed by atoms with Gasteiger partial charge in [-0.2, -0.15) is 0 Å². The van der Waals surface area contributed by atoms with E-state index in [0.717, 1.165) is 0 Å². The summed E-state index contributed by atoms with van der Waals surface area (Å²) in [6.07, 6.45) is -0.224. The van der Waals surface area contributed by atoms with Gasteiger partial charge in [-0.3, -0.25) is 14.1 Å². The zero-order chi connectivity index (χ0) is 12.6. The average Bonchev–Trinajstić information content (AvgIpc) is 1.96. The topological polar surface area (TPSA) is 178 Å². The molecule has 90 valence electrons. The van der Waals surface area contributed by atoms with Crippen molar-refractivity contribution in [3.8, 4) is 0 Å². The van der Waals surface area contributed by atoms with Crippen LogP contribution >= 0.6 is 0 Å². The summed E-state index contributed by atoms with van der Waals surface area (Å²) >= 11 is 0. The first-order chi connectivity index (χ1) is 6.54. The Morgan fingerprint density at radius 1 is 1.31 bits per heavy atom. The smallest absolute Gasteiger partial charge is 0.726 e. The zero-order valence-corrected chi connectivity index (χ0v) is 12.3. The Hall–Kier alpha value is 0.406. The molecule has 1 atom stereocenters. The zero-order valence-electron chi connectivity index (χ0n) is 8.36. The van der Waals surface area contributed by atoms with E-state index in [2.05, 4.69) is 0 Å². The van der Waals surface area contributed by atoms with Crippen molar-refractivity contribution in [2.45, 2.75) is 18.9 Å². The van der Waals surface area contributed by atoms with Gasteiger partial charge in [0.2, 0.25) is 10.4 Å². The molecule has 0 saturated carbocycles. The number of rotatable bonds is 4. The summed E-state index contributed by atoms with van der Waals surface area (Å²) in [5.41, 5.74) is 5.00. The Labute approximate surface area is 134 Å². The molecule has 0 spiro atoms. The van der Waals surface area contributed by atoms with E-state index in [1.807, 2.05) is 0 Å². The van der Waals surface area contributed by atoms with Crippen LogP contribution in [0.5, 0.6) is 0 Å². The van der Waals surface area contributed by atoms with Gasteiger partial charge in [-0.15, -0.1) is 0 Å². The SMILES string of the molecule is N[C@@H](CCC(=O)O)C(=O)O.O=S(=O)([O-])O.[K+]. The summed E-state index contributed by atoms with van der Waals surface area (Å²) < 4.78 is 32.8. The van der Waals surface area contributed by atoms with E-state index < -0.39 is 28.4 Å². The number of carboxylic acids is 2. The molecule has 0 aromatic carbocycles. The summed E-state index contributed by atoms with van der Waals surface area (Å²) in [7, 11) is -4.92. The summed E-state index contributed by atoms with van der Waals surface area (Å²) in [6.45, 7) is 0. The second-order valence-electron chi connectivity index (χ2n) is 2.30. The van der Waals surface area contributed by atoms with Gasteiger partial charge in [-0.25, -0.2) is 8.42 Å². The van der Waals surface area contributed by atoms with Crippen LogP contribution in [-0.2, 0) is 20.0 Å². The molecular formula is C5H10KNO8S. The van der Waals surface area contributed by atoms with E-state index in [1.165, 1.54) is 0 Å². The molecule has 0 fully saturated rings. The molecule has 5 N–H and O–H groups in total. The average molecular weight is 283 g/mol. The minimum absolute atomic E-state index is 0. The first-order valence-corrected chi connectivity index (χ1v) is 4.79. The molecule has 0 amide bonds. The Balaban J connectivity index is -0.000000242. The molecule has 0 unspecified atom stereocenters. The van der Waals surface area contributed by atoms with Gasteiger partial charge in [-0.05, 0) is 6.42 Å². The van der Waals surface area contributed by atoms with Crippen molar-refractivity contribution in [2.24, 2.45) is 5.73 Å². The molecule has 0 radical (unpaired) electrons. The molecule has 0 aliphatic heterocycles. The maximum Gasteiger partial charge on any atom is 1.00 e. The number of hydrogen-bond acceptors (Lipinski definition) is 6. The van der Waals surface area contributed by atoms with Gasteiger partial charge < -0.3 is 20.5 Å². The van der Waals surface area contributed by atoms with Crippen molar-refractivity contribution in [1.29, 1.82) is 0 Å². The van der Waals surface area contributed by atoms with Crippen LogP contribution in [0.25, 0.3) is 0 Å². The number of carbonyl (C=O) groups is 2. The molecule has 9 nitrogen and oxygen atoms in total. The van der Waals surface area contributed by atoms with Gasteiger partial charge in [0.05, 0.1) is 0 Å². The van der Waals surface area contributed by atoms with Crippen LogP contribution < -0.4 is 57.1 Å². The van der Waals surface area contributed by atoms with Crippen molar-refractivity contribution in [3.05, 3.63) is 0 Å². The molecule has 11 heteroatoms. The second-order valence-corrected chi connectivity index (χ2v) is 3.16. The molecule has 0 aromatic rings. The molecule has 0 heterocycles. The standard InChI is InChI=1S/C5H9NO4.K.H2O4S/c6-3(5(9)10)1-2-4(7)8;;1-5(2,3)4/h3H,1-2,6H2,(H,7,8)(H,9,10);;(H2,1,2,3,4)/q;+1;/p-1/t3-;;/m0../s1. The Morgan fingerprint density at radius 3 is 1.81 bits per heavy atom. The minimum atomic E-state index is -4.92. The molecular weight excluding hydrogens is 273 g/mol. The maximum absolute atomic E-state index is 9.99. The fraction of sp³-hybridized carbons (Fsp3) is 0.600. The number of hydrogen-bond donors (Lipinski definition) is 4. The second kappa shape index (κ2) is 10.6. The molecule has 0 aliphatic rings. The van der Waals surface area contributed by atoms with Crippen LogP contribution in [-0.4, -0.2) is 45.7 Å². The van der Waals surface area contributed by atoms with Crippen molar-refractivity contribution in [3.63, 3.8) is 0 Å². The third-order valence-electron chi connectivity index (χ3n) is 0.986. The minimum Gasteiger partial charge on any atom is -0.726 e. The number of aliphatic carboxylic acids is 2. The van der Waals surface area contributed by atoms with Gasteiger partial charge in [-0.1, -0.05) is 0 Å². The van der Waals surface area contributed by atoms with Gasteiger partial charge in [0.1, 0.15) is 6.04 Å². The van der Waals surface area contributed by atoms with E-state index in [0.29, 0.717) is 0 Å². The molecule has 0 aromatic heterocycles. The van der Waals surface area contributed by atoms with Crippen LogP contribution in [0.15, 0.2) is 0 Å². The molecule has 16 heavy (non-hydrogen) atoms. The van der Waals surface area contributed by atoms with Gasteiger partial charge >= 0.3 is 63.3 Å². The Kier molecular flexibility index (Phi) is 14.3. The van der Waals surface area contributed by atoms with E-state index in [-0.39, 0.29) is 64.2 Å². The first-order valence-electron chi connectivity index (χ1n) is 3.42. The van der Waals surface area contributed by atoms with Crippen LogP contribution in [0.1, 0.15) is 12.8 Å². The fourth-order valence-corrected chi connectivity index (χ4v) is 0.402. The molecule has 0 bridgehead atoms. The number of nitrogens with two attached hydrogens (primary N) is 1.